The Hall–Kier alpha value is -1.60. The minimum Gasteiger partial charge on any atom is -0.338 e. The Labute approximate surface area is 175 Å². The second-order valence-corrected chi connectivity index (χ2v) is 9.45. The van der Waals surface area contributed by atoms with Crippen molar-refractivity contribution in [3.05, 3.63) is 69.7 Å². The smallest absolute Gasteiger partial charge is 0.268 e. The maximum Gasteiger partial charge on any atom is 0.268 e. The van der Waals surface area contributed by atoms with E-state index in [2.05, 4.69) is 0 Å². The predicted molar refractivity (Wildman–Crippen MR) is 111 cm³/mol. The molecule has 1 N–H and O–H groups in total. The third kappa shape index (κ3) is 3.92. The van der Waals surface area contributed by atoms with Gasteiger partial charge >= 0.3 is 0 Å². The number of halogens is 2. The third-order valence-electron chi connectivity index (χ3n) is 5.45. The van der Waals surface area contributed by atoms with Crippen LogP contribution in [0.4, 0.5) is 0 Å². The fourth-order valence-corrected chi connectivity index (χ4v) is 5.76. The zero-order valence-corrected chi connectivity index (χ0v) is 17.6. The van der Waals surface area contributed by atoms with Crippen LogP contribution in [0.5, 0.6) is 0 Å². The molecule has 1 saturated heterocycles. The van der Waals surface area contributed by atoms with E-state index in [9.17, 15) is 17.8 Å². The van der Waals surface area contributed by atoms with Crippen molar-refractivity contribution in [1.29, 1.82) is 0 Å². The van der Waals surface area contributed by atoms with Crippen LogP contribution < -0.4 is 0 Å². The van der Waals surface area contributed by atoms with Crippen LogP contribution in [-0.2, 0) is 15.5 Å². The first kappa shape index (κ1) is 21.1. The van der Waals surface area contributed by atoms with E-state index >= 15 is 0 Å². The van der Waals surface area contributed by atoms with E-state index < -0.39 is 20.8 Å². The Balaban J connectivity index is 2.06. The van der Waals surface area contributed by atoms with Gasteiger partial charge in [-0.15, -0.1) is 0 Å². The molecule has 1 aliphatic rings. The molecule has 2 aromatic rings. The summed E-state index contributed by atoms with van der Waals surface area (Å²) in [5.74, 6) is -0.173. The molecule has 0 aromatic heterocycles. The molecular weight excluding hydrogens is 421 g/mol. The summed E-state index contributed by atoms with van der Waals surface area (Å²) < 4.78 is 34.4. The van der Waals surface area contributed by atoms with Crippen LogP contribution in [-0.4, -0.2) is 42.1 Å². The number of hydrogen-bond donors (Lipinski definition) is 1. The second-order valence-electron chi connectivity index (χ2n) is 7.04. The number of amides is 1. The maximum atomic E-state index is 12.9. The number of likely N-dealkylation sites (tertiary alicyclic amines) is 1. The topological polar surface area (TPSA) is 74.7 Å². The van der Waals surface area contributed by atoms with Gasteiger partial charge in [0.1, 0.15) is 0 Å². The summed E-state index contributed by atoms with van der Waals surface area (Å²) in [6.45, 7) is 2.25. The molecule has 150 valence electrons. The molecule has 28 heavy (non-hydrogen) atoms. The number of hydrogen-bond acceptors (Lipinski definition) is 3. The van der Waals surface area contributed by atoms with Crippen molar-refractivity contribution in [3.8, 4) is 0 Å². The Kier molecular flexibility index (Phi) is 6.05. The van der Waals surface area contributed by atoms with E-state index in [1.54, 1.807) is 54.3 Å². The zero-order chi connectivity index (χ0) is 20.5. The Morgan fingerprint density at radius 2 is 1.86 bits per heavy atom. The molecule has 3 rings (SSSR count). The summed E-state index contributed by atoms with van der Waals surface area (Å²) in [4.78, 5) is 14.5. The minimum atomic E-state index is -4.36. The molecule has 0 radical (unpaired) electrons. The van der Waals surface area contributed by atoms with Crippen molar-refractivity contribution in [2.75, 3.05) is 13.1 Å². The second kappa shape index (κ2) is 8.03. The Morgan fingerprint density at radius 3 is 2.43 bits per heavy atom. The number of rotatable bonds is 5. The molecule has 5 nitrogen and oxygen atoms in total. The van der Waals surface area contributed by atoms with Crippen molar-refractivity contribution < 1.29 is 17.8 Å². The fraction of sp³-hybridized carbons (Fsp3) is 0.350. The highest BCUT2D eigenvalue weighted by Gasteiger charge is 2.51. The first-order valence-electron chi connectivity index (χ1n) is 8.95. The largest absolute Gasteiger partial charge is 0.338 e. The van der Waals surface area contributed by atoms with Crippen LogP contribution in [0.25, 0.3) is 0 Å². The average molecular weight is 442 g/mol. The lowest BCUT2D eigenvalue weighted by molar-refractivity contribution is 0.0782. The minimum absolute atomic E-state index is 0.164. The average Bonchev–Trinajstić information content (AvgIpc) is 3.09. The summed E-state index contributed by atoms with van der Waals surface area (Å²) in [5, 5.41) is -0.405. The van der Waals surface area contributed by atoms with Crippen LogP contribution in [0.15, 0.2) is 48.5 Å². The van der Waals surface area contributed by atoms with Gasteiger partial charge in [0.2, 0.25) is 0 Å². The number of benzene rings is 2. The van der Waals surface area contributed by atoms with E-state index in [0.717, 1.165) is 0 Å². The summed E-state index contributed by atoms with van der Waals surface area (Å²) in [6.07, 6.45) is 0.592. The third-order valence-corrected chi connectivity index (χ3v) is 7.69. The van der Waals surface area contributed by atoms with Crippen LogP contribution in [0.3, 0.4) is 0 Å². The number of nitrogens with zero attached hydrogens (tertiary/aromatic N) is 1. The Bertz CT molecular complexity index is 981. The highest BCUT2D eigenvalue weighted by atomic mass is 35.5. The van der Waals surface area contributed by atoms with Gasteiger partial charge in [0.25, 0.3) is 16.0 Å². The molecule has 1 amide bonds. The molecule has 1 fully saturated rings. The molecule has 0 spiro atoms. The van der Waals surface area contributed by atoms with Crippen LogP contribution >= 0.6 is 23.2 Å². The monoisotopic (exact) mass is 441 g/mol. The molecule has 0 bridgehead atoms. The van der Waals surface area contributed by atoms with E-state index in [4.69, 9.17) is 23.2 Å². The van der Waals surface area contributed by atoms with Gasteiger partial charge in [-0.3, -0.25) is 9.35 Å². The fourth-order valence-electron chi connectivity index (χ4n) is 4.15. The lowest BCUT2D eigenvalue weighted by Gasteiger charge is -2.36. The normalized spacial score (nSPS) is 20.9. The molecule has 0 aliphatic carbocycles. The van der Waals surface area contributed by atoms with Gasteiger partial charge in [0.15, 0.2) is 0 Å². The molecule has 2 aromatic carbocycles. The summed E-state index contributed by atoms with van der Waals surface area (Å²) in [6, 6.07) is 13.8. The molecule has 1 heterocycles. The standard InChI is InChI=1S/C20H21Cl2NO4S/c1-2-18(28(25,26)27)20(15-8-9-16(21)17(22)12-15)10-11-23(13-20)19(24)14-6-4-3-5-7-14/h3-9,12,18H,2,10-11,13H2,1H3,(H,25,26,27). The number of carbonyl (C=O) groups excluding carboxylic acids is 1. The van der Waals surface area contributed by atoms with Crippen molar-refractivity contribution in [2.24, 2.45) is 0 Å². The van der Waals surface area contributed by atoms with Gasteiger partial charge in [0, 0.05) is 24.1 Å². The van der Waals surface area contributed by atoms with Crippen molar-refractivity contribution in [1.82, 2.24) is 4.90 Å². The number of carbonyl (C=O) groups is 1. The Morgan fingerprint density at radius 1 is 1.18 bits per heavy atom. The molecule has 0 saturated carbocycles. The molecular formula is C20H21Cl2NO4S. The molecule has 1 aliphatic heterocycles. The highest BCUT2D eigenvalue weighted by molar-refractivity contribution is 7.86. The SMILES string of the molecule is CCC(C1(c2ccc(Cl)c(Cl)c2)CCN(C(=O)c2ccccc2)C1)S(=O)(=O)O. The lowest BCUT2D eigenvalue weighted by atomic mass is 9.75. The zero-order valence-electron chi connectivity index (χ0n) is 15.3. The van der Waals surface area contributed by atoms with E-state index in [0.29, 0.717) is 34.1 Å². The van der Waals surface area contributed by atoms with Gasteiger partial charge in [-0.1, -0.05) is 54.4 Å². The van der Waals surface area contributed by atoms with Gasteiger partial charge < -0.3 is 4.90 Å². The summed E-state index contributed by atoms with van der Waals surface area (Å²) in [5.41, 5.74) is 0.211. The first-order valence-corrected chi connectivity index (χ1v) is 11.2. The summed E-state index contributed by atoms with van der Waals surface area (Å²) >= 11 is 12.2. The quantitative estimate of drug-likeness (QED) is 0.695. The van der Waals surface area contributed by atoms with Gasteiger partial charge in [-0.05, 0) is 42.7 Å². The lowest BCUT2D eigenvalue weighted by Crippen LogP contribution is -2.47. The van der Waals surface area contributed by atoms with Crippen LogP contribution in [0.2, 0.25) is 10.0 Å². The first-order chi connectivity index (χ1) is 13.2. The van der Waals surface area contributed by atoms with E-state index in [1.165, 1.54) is 0 Å². The predicted octanol–water partition coefficient (Wildman–Crippen LogP) is 4.44. The van der Waals surface area contributed by atoms with Crippen LogP contribution in [0.1, 0.15) is 35.7 Å². The molecule has 8 heteroatoms. The van der Waals surface area contributed by atoms with Crippen molar-refractivity contribution >= 4 is 39.2 Å². The van der Waals surface area contributed by atoms with Gasteiger partial charge in [-0.25, -0.2) is 0 Å². The summed E-state index contributed by atoms with van der Waals surface area (Å²) in [7, 11) is -4.36. The maximum absolute atomic E-state index is 12.9. The van der Waals surface area contributed by atoms with E-state index in [1.807, 2.05) is 6.07 Å². The van der Waals surface area contributed by atoms with Crippen molar-refractivity contribution in [2.45, 2.75) is 30.4 Å². The molecule has 2 unspecified atom stereocenters. The van der Waals surface area contributed by atoms with E-state index in [-0.39, 0.29) is 18.9 Å². The van der Waals surface area contributed by atoms with Gasteiger partial charge in [-0.2, -0.15) is 8.42 Å². The molecule has 2 atom stereocenters. The van der Waals surface area contributed by atoms with Crippen molar-refractivity contribution in [3.63, 3.8) is 0 Å². The highest BCUT2D eigenvalue weighted by Crippen LogP contribution is 2.43. The van der Waals surface area contributed by atoms with Crippen LogP contribution in [0, 0.1) is 0 Å². The van der Waals surface area contributed by atoms with Gasteiger partial charge in [0.05, 0.1) is 15.3 Å².